The van der Waals surface area contributed by atoms with Crippen molar-refractivity contribution in [2.24, 2.45) is 0 Å². The lowest BCUT2D eigenvalue weighted by molar-refractivity contribution is 0.870. The summed E-state index contributed by atoms with van der Waals surface area (Å²) in [5, 5.41) is 2.67. The molecule has 0 aromatic heterocycles. The standard InChI is InChI=1S/C14H17N.ClH/c1-3-15(4-2)14-11-7-9-12-8-5-6-10-13(12)14;/h5-11H,3-4H2,1-2H3;1H. The van der Waals surface area contributed by atoms with Gasteiger partial charge in [0.25, 0.3) is 0 Å². The number of hydrogen-bond donors (Lipinski definition) is 0. The minimum Gasteiger partial charge on any atom is -0.372 e. The van der Waals surface area contributed by atoms with Gasteiger partial charge in [0, 0.05) is 24.2 Å². The Balaban J connectivity index is 0.00000128. The van der Waals surface area contributed by atoms with E-state index in [-0.39, 0.29) is 12.4 Å². The first-order valence-electron chi connectivity index (χ1n) is 5.59. The first-order chi connectivity index (χ1) is 7.36. The van der Waals surface area contributed by atoms with Gasteiger partial charge in [-0.15, -0.1) is 12.4 Å². The Kier molecular flexibility index (Phi) is 4.63. The largest absolute Gasteiger partial charge is 0.372 e. The van der Waals surface area contributed by atoms with E-state index in [1.165, 1.54) is 16.5 Å². The molecule has 2 heteroatoms. The minimum absolute atomic E-state index is 0. The van der Waals surface area contributed by atoms with Crippen LogP contribution in [0.4, 0.5) is 5.69 Å². The molecule has 0 unspecified atom stereocenters. The van der Waals surface area contributed by atoms with Crippen molar-refractivity contribution in [1.29, 1.82) is 0 Å². The number of nitrogens with zero attached hydrogens (tertiary/aromatic N) is 1. The molecular formula is C14H18ClN. The van der Waals surface area contributed by atoms with Gasteiger partial charge in [-0.3, -0.25) is 0 Å². The van der Waals surface area contributed by atoms with Gasteiger partial charge in [-0.25, -0.2) is 0 Å². The number of hydrogen-bond acceptors (Lipinski definition) is 1. The van der Waals surface area contributed by atoms with E-state index in [1.807, 2.05) is 0 Å². The molecule has 2 aromatic carbocycles. The molecule has 0 bridgehead atoms. The van der Waals surface area contributed by atoms with Crippen LogP contribution < -0.4 is 4.90 Å². The van der Waals surface area contributed by atoms with Crippen LogP contribution in [0.2, 0.25) is 0 Å². The summed E-state index contributed by atoms with van der Waals surface area (Å²) in [4.78, 5) is 2.39. The molecule has 2 aromatic rings. The van der Waals surface area contributed by atoms with Crippen LogP contribution in [0.25, 0.3) is 10.8 Å². The van der Waals surface area contributed by atoms with E-state index in [0.29, 0.717) is 0 Å². The Bertz CT molecular complexity index is 444. The van der Waals surface area contributed by atoms with Crippen LogP contribution in [-0.4, -0.2) is 13.1 Å². The third kappa shape index (κ3) is 2.30. The van der Waals surface area contributed by atoms with Crippen molar-refractivity contribution >= 4 is 28.9 Å². The van der Waals surface area contributed by atoms with Gasteiger partial charge in [0.2, 0.25) is 0 Å². The molecule has 0 atom stereocenters. The summed E-state index contributed by atoms with van der Waals surface area (Å²) in [6.45, 7) is 6.52. The normalized spacial score (nSPS) is 9.88. The molecule has 0 radical (unpaired) electrons. The molecular weight excluding hydrogens is 218 g/mol. The zero-order chi connectivity index (χ0) is 10.7. The maximum absolute atomic E-state index is 2.39. The average molecular weight is 236 g/mol. The van der Waals surface area contributed by atoms with Gasteiger partial charge in [-0.1, -0.05) is 36.4 Å². The highest BCUT2D eigenvalue weighted by molar-refractivity contribution is 5.94. The Hall–Kier alpha value is -1.21. The fraction of sp³-hybridized carbons (Fsp3) is 0.286. The van der Waals surface area contributed by atoms with Crippen LogP contribution in [0.5, 0.6) is 0 Å². The molecule has 0 aliphatic carbocycles. The smallest absolute Gasteiger partial charge is 0.0445 e. The molecule has 0 saturated heterocycles. The van der Waals surface area contributed by atoms with E-state index in [1.54, 1.807) is 0 Å². The molecule has 0 spiro atoms. The number of fused-ring (bicyclic) bond motifs is 1. The zero-order valence-corrected chi connectivity index (χ0v) is 10.6. The van der Waals surface area contributed by atoms with Crippen LogP contribution in [-0.2, 0) is 0 Å². The van der Waals surface area contributed by atoms with Crippen molar-refractivity contribution in [3.63, 3.8) is 0 Å². The van der Waals surface area contributed by atoms with Crippen LogP contribution in [0.15, 0.2) is 42.5 Å². The molecule has 0 heterocycles. The Morgan fingerprint density at radius 1 is 0.875 bits per heavy atom. The van der Waals surface area contributed by atoms with Crippen LogP contribution >= 0.6 is 12.4 Å². The highest BCUT2D eigenvalue weighted by atomic mass is 35.5. The number of benzene rings is 2. The molecule has 0 aliphatic rings. The summed E-state index contributed by atoms with van der Waals surface area (Å²) in [7, 11) is 0. The first kappa shape index (κ1) is 12.9. The summed E-state index contributed by atoms with van der Waals surface area (Å²) in [5.41, 5.74) is 1.35. The molecule has 0 N–H and O–H groups in total. The van der Waals surface area contributed by atoms with Crippen molar-refractivity contribution in [3.05, 3.63) is 42.5 Å². The fourth-order valence-corrected chi connectivity index (χ4v) is 2.05. The van der Waals surface area contributed by atoms with Gasteiger partial charge >= 0.3 is 0 Å². The predicted molar refractivity (Wildman–Crippen MR) is 74.8 cm³/mol. The molecule has 86 valence electrons. The van der Waals surface area contributed by atoms with Crippen molar-refractivity contribution in [2.75, 3.05) is 18.0 Å². The van der Waals surface area contributed by atoms with E-state index in [0.717, 1.165) is 13.1 Å². The average Bonchev–Trinajstić information content (AvgIpc) is 2.31. The van der Waals surface area contributed by atoms with Crippen molar-refractivity contribution in [3.8, 4) is 0 Å². The molecule has 0 fully saturated rings. The quantitative estimate of drug-likeness (QED) is 0.774. The van der Waals surface area contributed by atoms with E-state index in [2.05, 4.69) is 61.2 Å². The number of rotatable bonds is 3. The Labute approximate surface area is 103 Å². The summed E-state index contributed by atoms with van der Waals surface area (Å²) < 4.78 is 0. The molecule has 0 aliphatic heterocycles. The predicted octanol–water partition coefficient (Wildman–Crippen LogP) is 4.11. The highest BCUT2D eigenvalue weighted by Gasteiger charge is 2.05. The Morgan fingerprint density at radius 3 is 2.19 bits per heavy atom. The SMILES string of the molecule is CCN(CC)c1cccc2ccccc12.Cl. The maximum Gasteiger partial charge on any atom is 0.0445 e. The van der Waals surface area contributed by atoms with E-state index >= 15 is 0 Å². The van der Waals surface area contributed by atoms with Gasteiger partial charge in [-0.2, -0.15) is 0 Å². The van der Waals surface area contributed by atoms with Crippen molar-refractivity contribution in [1.82, 2.24) is 0 Å². The van der Waals surface area contributed by atoms with E-state index in [4.69, 9.17) is 0 Å². The highest BCUT2D eigenvalue weighted by Crippen LogP contribution is 2.26. The summed E-state index contributed by atoms with van der Waals surface area (Å²) >= 11 is 0. The second-order valence-corrected chi connectivity index (χ2v) is 3.67. The number of anilines is 1. The van der Waals surface area contributed by atoms with Gasteiger partial charge < -0.3 is 4.90 Å². The van der Waals surface area contributed by atoms with Crippen LogP contribution in [0.3, 0.4) is 0 Å². The third-order valence-corrected chi connectivity index (χ3v) is 2.87. The topological polar surface area (TPSA) is 3.24 Å². The monoisotopic (exact) mass is 235 g/mol. The molecule has 0 saturated carbocycles. The second-order valence-electron chi connectivity index (χ2n) is 3.67. The molecule has 0 amide bonds. The fourth-order valence-electron chi connectivity index (χ4n) is 2.05. The van der Waals surface area contributed by atoms with E-state index < -0.39 is 0 Å². The van der Waals surface area contributed by atoms with Gasteiger partial charge in [-0.05, 0) is 25.3 Å². The van der Waals surface area contributed by atoms with Gasteiger partial charge in [0.1, 0.15) is 0 Å². The maximum atomic E-state index is 2.39. The first-order valence-corrected chi connectivity index (χ1v) is 5.59. The number of halogens is 1. The summed E-state index contributed by atoms with van der Waals surface area (Å²) in [6, 6.07) is 15.1. The summed E-state index contributed by atoms with van der Waals surface area (Å²) in [6.07, 6.45) is 0. The van der Waals surface area contributed by atoms with Crippen molar-refractivity contribution < 1.29 is 0 Å². The lowest BCUT2D eigenvalue weighted by atomic mass is 10.1. The zero-order valence-electron chi connectivity index (χ0n) is 9.81. The second kappa shape index (κ2) is 5.76. The molecule has 2 rings (SSSR count). The van der Waals surface area contributed by atoms with Gasteiger partial charge in [0.15, 0.2) is 0 Å². The van der Waals surface area contributed by atoms with E-state index in [9.17, 15) is 0 Å². The molecule has 1 nitrogen and oxygen atoms in total. The molecule has 16 heavy (non-hydrogen) atoms. The van der Waals surface area contributed by atoms with Crippen molar-refractivity contribution in [2.45, 2.75) is 13.8 Å². The minimum atomic E-state index is 0. The lowest BCUT2D eigenvalue weighted by Gasteiger charge is -2.22. The Morgan fingerprint density at radius 2 is 1.50 bits per heavy atom. The third-order valence-electron chi connectivity index (χ3n) is 2.87. The van der Waals surface area contributed by atoms with Gasteiger partial charge in [0.05, 0.1) is 0 Å². The lowest BCUT2D eigenvalue weighted by Crippen LogP contribution is -2.21. The van der Waals surface area contributed by atoms with Crippen LogP contribution in [0, 0.1) is 0 Å². The van der Waals surface area contributed by atoms with Crippen LogP contribution in [0.1, 0.15) is 13.8 Å². The summed E-state index contributed by atoms with van der Waals surface area (Å²) in [5.74, 6) is 0.